The Morgan fingerprint density at radius 3 is 2.95 bits per heavy atom. The van der Waals surface area contributed by atoms with E-state index in [0.717, 1.165) is 29.3 Å². The number of nitrogens with zero attached hydrogens (tertiary/aromatic N) is 1. The molecule has 104 valence electrons. The molecular weight excluding hydrogens is 268 g/mol. The Hall–Kier alpha value is -1.65. The second-order valence-corrected chi connectivity index (χ2v) is 5.80. The van der Waals surface area contributed by atoms with Crippen LogP contribution in [0.25, 0.3) is 11.0 Å². The number of fused-ring (bicyclic) bond motifs is 1. The van der Waals surface area contributed by atoms with Crippen molar-refractivity contribution < 1.29 is 4.42 Å². The Balaban J connectivity index is 1.85. The lowest BCUT2D eigenvalue weighted by Gasteiger charge is -2.11. The first-order valence-electron chi connectivity index (χ1n) is 6.91. The molecule has 3 aromatic rings. The SMILES string of the molecule is CCc1c(C(C)NCc2nccs2)oc2ccccc12. The minimum atomic E-state index is 0.182. The van der Waals surface area contributed by atoms with E-state index in [4.69, 9.17) is 4.42 Å². The van der Waals surface area contributed by atoms with Gasteiger partial charge in [0.2, 0.25) is 0 Å². The highest BCUT2D eigenvalue weighted by atomic mass is 32.1. The minimum absolute atomic E-state index is 0.182. The summed E-state index contributed by atoms with van der Waals surface area (Å²) in [6.45, 7) is 5.10. The minimum Gasteiger partial charge on any atom is -0.459 e. The van der Waals surface area contributed by atoms with Gasteiger partial charge in [-0.15, -0.1) is 11.3 Å². The van der Waals surface area contributed by atoms with Gasteiger partial charge >= 0.3 is 0 Å². The van der Waals surface area contributed by atoms with Crippen LogP contribution in [-0.2, 0) is 13.0 Å². The summed E-state index contributed by atoms with van der Waals surface area (Å²) in [5.41, 5.74) is 2.28. The molecule has 2 aromatic heterocycles. The fraction of sp³-hybridized carbons (Fsp3) is 0.312. The molecular formula is C16H18N2OS. The van der Waals surface area contributed by atoms with Gasteiger partial charge in [0.05, 0.1) is 6.04 Å². The van der Waals surface area contributed by atoms with Crippen molar-refractivity contribution in [2.24, 2.45) is 0 Å². The lowest BCUT2D eigenvalue weighted by atomic mass is 10.1. The Labute approximate surface area is 122 Å². The van der Waals surface area contributed by atoms with Gasteiger partial charge < -0.3 is 9.73 Å². The average Bonchev–Trinajstić information content (AvgIpc) is 3.11. The molecule has 0 fully saturated rings. The molecule has 0 amide bonds. The Morgan fingerprint density at radius 2 is 2.20 bits per heavy atom. The molecule has 0 saturated carbocycles. The first-order chi connectivity index (χ1) is 9.79. The Bertz CT molecular complexity index is 688. The van der Waals surface area contributed by atoms with Gasteiger partial charge in [0.15, 0.2) is 0 Å². The maximum absolute atomic E-state index is 6.04. The van der Waals surface area contributed by atoms with Crippen LogP contribution in [0.3, 0.4) is 0 Å². The summed E-state index contributed by atoms with van der Waals surface area (Å²) in [4.78, 5) is 4.29. The van der Waals surface area contributed by atoms with Crippen LogP contribution < -0.4 is 5.32 Å². The lowest BCUT2D eigenvalue weighted by molar-refractivity contribution is 0.445. The van der Waals surface area contributed by atoms with E-state index in [1.807, 2.05) is 23.7 Å². The van der Waals surface area contributed by atoms with Gasteiger partial charge in [0, 0.05) is 29.1 Å². The van der Waals surface area contributed by atoms with Crippen molar-refractivity contribution in [2.75, 3.05) is 0 Å². The number of nitrogens with one attached hydrogen (secondary N) is 1. The van der Waals surface area contributed by atoms with Crippen molar-refractivity contribution in [1.29, 1.82) is 0 Å². The Morgan fingerprint density at radius 1 is 1.35 bits per heavy atom. The van der Waals surface area contributed by atoms with Gasteiger partial charge in [-0.05, 0) is 19.4 Å². The third-order valence-electron chi connectivity index (χ3n) is 3.52. The van der Waals surface area contributed by atoms with Gasteiger partial charge in [-0.3, -0.25) is 0 Å². The third-order valence-corrected chi connectivity index (χ3v) is 4.30. The zero-order valence-electron chi connectivity index (χ0n) is 11.7. The molecule has 0 aliphatic heterocycles. The second kappa shape index (κ2) is 5.77. The molecule has 0 radical (unpaired) electrons. The number of hydrogen-bond donors (Lipinski definition) is 1. The number of benzene rings is 1. The Kier molecular flexibility index (Phi) is 3.85. The van der Waals surface area contributed by atoms with Crippen LogP contribution in [0.1, 0.15) is 36.2 Å². The number of aryl methyl sites for hydroxylation is 1. The highest BCUT2D eigenvalue weighted by Gasteiger charge is 2.17. The molecule has 3 rings (SSSR count). The smallest absolute Gasteiger partial charge is 0.134 e. The molecule has 20 heavy (non-hydrogen) atoms. The number of para-hydroxylation sites is 1. The quantitative estimate of drug-likeness (QED) is 0.760. The summed E-state index contributed by atoms with van der Waals surface area (Å²) < 4.78 is 6.04. The lowest BCUT2D eigenvalue weighted by Crippen LogP contribution is -2.18. The van der Waals surface area contributed by atoms with Crippen LogP contribution >= 0.6 is 11.3 Å². The van der Waals surface area contributed by atoms with Gasteiger partial charge in [0.25, 0.3) is 0 Å². The van der Waals surface area contributed by atoms with Crippen LogP contribution in [0.5, 0.6) is 0 Å². The molecule has 1 N–H and O–H groups in total. The maximum Gasteiger partial charge on any atom is 0.134 e. The maximum atomic E-state index is 6.04. The van der Waals surface area contributed by atoms with E-state index in [9.17, 15) is 0 Å². The number of aromatic nitrogens is 1. The third kappa shape index (κ3) is 2.49. The van der Waals surface area contributed by atoms with Crippen molar-refractivity contribution in [3.05, 3.63) is 52.2 Å². The van der Waals surface area contributed by atoms with E-state index in [1.54, 1.807) is 11.3 Å². The molecule has 4 heteroatoms. The number of thiazole rings is 1. The van der Waals surface area contributed by atoms with Crippen molar-refractivity contribution in [1.82, 2.24) is 10.3 Å². The molecule has 0 aliphatic carbocycles. The number of rotatable bonds is 5. The first-order valence-corrected chi connectivity index (χ1v) is 7.79. The average molecular weight is 286 g/mol. The first kappa shape index (κ1) is 13.3. The summed E-state index contributed by atoms with van der Waals surface area (Å²) in [6, 6.07) is 8.43. The molecule has 0 saturated heterocycles. The van der Waals surface area contributed by atoms with Crippen LogP contribution in [0, 0.1) is 0 Å². The molecule has 0 aliphatic rings. The molecule has 3 nitrogen and oxygen atoms in total. The van der Waals surface area contributed by atoms with Crippen LogP contribution in [0.4, 0.5) is 0 Å². The van der Waals surface area contributed by atoms with E-state index in [-0.39, 0.29) is 6.04 Å². The van der Waals surface area contributed by atoms with E-state index in [1.165, 1.54) is 10.9 Å². The van der Waals surface area contributed by atoms with Gasteiger partial charge in [-0.1, -0.05) is 25.1 Å². The van der Waals surface area contributed by atoms with Crippen molar-refractivity contribution >= 4 is 22.3 Å². The molecule has 1 atom stereocenters. The summed E-state index contributed by atoms with van der Waals surface area (Å²) >= 11 is 1.67. The van der Waals surface area contributed by atoms with E-state index in [2.05, 4.69) is 36.3 Å². The number of furan rings is 1. The standard InChI is InChI=1S/C16H18N2OS/c1-3-12-13-6-4-5-7-14(13)19-16(12)11(2)18-10-15-17-8-9-20-15/h4-9,11,18H,3,10H2,1-2H3. The van der Waals surface area contributed by atoms with E-state index >= 15 is 0 Å². The van der Waals surface area contributed by atoms with E-state index in [0.29, 0.717) is 0 Å². The number of hydrogen-bond acceptors (Lipinski definition) is 4. The molecule has 1 aromatic carbocycles. The molecule has 1 unspecified atom stereocenters. The van der Waals surface area contributed by atoms with Gasteiger partial charge in [-0.2, -0.15) is 0 Å². The highest BCUT2D eigenvalue weighted by Crippen LogP contribution is 2.30. The summed E-state index contributed by atoms with van der Waals surface area (Å²) in [7, 11) is 0. The summed E-state index contributed by atoms with van der Waals surface area (Å²) in [6.07, 6.45) is 2.82. The monoisotopic (exact) mass is 286 g/mol. The second-order valence-electron chi connectivity index (χ2n) is 4.82. The van der Waals surface area contributed by atoms with Crippen LogP contribution in [-0.4, -0.2) is 4.98 Å². The zero-order chi connectivity index (χ0) is 13.9. The van der Waals surface area contributed by atoms with Gasteiger partial charge in [0.1, 0.15) is 16.4 Å². The fourth-order valence-electron chi connectivity index (χ4n) is 2.51. The fourth-order valence-corrected chi connectivity index (χ4v) is 3.07. The molecule has 2 heterocycles. The predicted molar refractivity (Wildman–Crippen MR) is 83.0 cm³/mol. The van der Waals surface area contributed by atoms with Crippen molar-refractivity contribution in [2.45, 2.75) is 32.9 Å². The zero-order valence-corrected chi connectivity index (χ0v) is 12.5. The van der Waals surface area contributed by atoms with Crippen LogP contribution in [0.2, 0.25) is 0 Å². The largest absolute Gasteiger partial charge is 0.459 e. The predicted octanol–water partition coefficient (Wildman–Crippen LogP) is 4.30. The summed E-state index contributed by atoms with van der Waals surface area (Å²) in [5, 5.41) is 7.82. The normalized spacial score (nSPS) is 12.9. The topological polar surface area (TPSA) is 38.1 Å². The van der Waals surface area contributed by atoms with Crippen LogP contribution in [0.15, 0.2) is 40.3 Å². The van der Waals surface area contributed by atoms with Crippen molar-refractivity contribution in [3.63, 3.8) is 0 Å². The molecule has 0 spiro atoms. The molecule has 0 bridgehead atoms. The highest BCUT2D eigenvalue weighted by molar-refractivity contribution is 7.09. The van der Waals surface area contributed by atoms with Gasteiger partial charge in [-0.25, -0.2) is 4.98 Å². The van der Waals surface area contributed by atoms with Crippen molar-refractivity contribution in [3.8, 4) is 0 Å². The summed E-state index contributed by atoms with van der Waals surface area (Å²) in [5.74, 6) is 1.05. The van der Waals surface area contributed by atoms with E-state index < -0.39 is 0 Å².